The van der Waals surface area contributed by atoms with Crippen molar-refractivity contribution < 1.29 is 17.9 Å². The maximum atomic E-state index is 11.9. The van der Waals surface area contributed by atoms with E-state index in [9.17, 15) is 13.2 Å². The van der Waals surface area contributed by atoms with Crippen molar-refractivity contribution in [3.05, 3.63) is 35.8 Å². The number of alkyl halides is 3. The van der Waals surface area contributed by atoms with E-state index < -0.39 is 12.8 Å². The van der Waals surface area contributed by atoms with Crippen molar-refractivity contribution in [2.45, 2.75) is 12.7 Å². The van der Waals surface area contributed by atoms with Crippen molar-refractivity contribution in [1.82, 2.24) is 20.0 Å². The Morgan fingerprint density at radius 2 is 2.15 bits per heavy atom. The van der Waals surface area contributed by atoms with Gasteiger partial charge >= 0.3 is 6.18 Å². The normalized spacial score (nSPS) is 11.1. The van der Waals surface area contributed by atoms with E-state index in [0.717, 1.165) is 0 Å². The SMILES string of the molecule is N#Cc1cn(Cc2ccc(OCC(F)(F)F)nc2)nn1. The Morgan fingerprint density at radius 1 is 1.35 bits per heavy atom. The molecule has 0 aliphatic rings. The highest BCUT2D eigenvalue weighted by atomic mass is 19.4. The molecule has 0 saturated carbocycles. The Balaban J connectivity index is 1.96. The summed E-state index contributed by atoms with van der Waals surface area (Å²) in [5, 5.41) is 15.9. The molecule has 0 atom stereocenters. The van der Waals surface area contributed by atoms with Gasteiger partial charge in [-0.2, -0.15) is 18.4 Å². The van der Waals surface area contributed by atoms with Crippen LogP contribution in [0.2, 0.25) is 0 Å². The first-order chi connectivity index (χ1) is 9.46. The zero-order valence-corrected chi connectivity index (χ0v) is 10.0. The third kappa shape index (κ3) is 3.94. The zero-order chi connectivity index (χ0) is 14.6. The van der Waals surface area contributed by atoms with Gasteiger partial charge in [-0.05, 0) is 5.56 Å². The summed E-state index contributed by atoms with van der Waals surface area (Å²) < 4.78 is 41.7. The average molecular weight is 283 g/mol. The Kier molecular flexibility index (Phi) is 3.84. The summed E-state index contributed by atoms with van der Waals surface area (Å²) in [6, 6.07) is 4.73. The number of hydrogen-bond donors (Lipinski definition) is 0. The lowest BCUT2D eigenvalue weighted by molar-refractivity contribution is -0.154. The molecule has 2 rings (SSSR count). The maximum Gasteiger partial charge on any atom is 0.422 e. The second-order valence-electron chi connectivity index (χ2n) is 3.82. The fourth-order valence-corrected chi connectivity index (χ4v) is 1.36. The van der Waals surface area contributed by atoms with E-state index in [1.54, 1.807) is 6.07 Å². The fourth-order valence-electron chi connectivity index (χ4n) is 1.36. The topological polar surface area (TPSA) is 76.6 Å². The molecule has 2 heterocycles. The van der Waals surface area contributed by atoms with Crippen LogP contribution in [0.15, 0.2) is 24.5 Å². The summed E-state index contributed by atoms with van der Waals surface area (Å²) >= 11 is 0. The molecular weight excluding hydrogens is 275 g/mol. The first-order valence-electron chi connectivity index (χ1n) is 5.41. The largest absolute Gasteiger partial charge is 0.468 e. The Hall–Kier alpha value is -2.63. The Morgan fingerprint density at radius 3 is 2.70 bits per heavy atom. The molecule has 9 heteroatoms. The molecule has 0 aromatic carbocycles. The number of pyridine rings is 1. The zero-order valence-electron chi connectivity index (χ0n) is 10.0. The molecule has 0 fully saturated rings. The minimum absolute atomic E-state index is 0.109. The number of rotatable bonds is 4. The number of ether oxygens (including phenoxy) is 1. The van der Waals surface area contributed by atoms with Gasteiger partial charge in [-0.3, -0.25) is 0 Å². The lowest BCUT2D eigenvalue weighted by atomic mass is 10.3. The molecule has 0 radical (unpaired) electrons. The van der Waals surface area contributed by atoms with E-state index in [2.05, 4.69) is 20.0 Å². The van der Waals surface area contributed by atoms with E-state index in [1.807, 2.05) is 6.07 Å². The minimum Gasteiger partial charge on any atom is -0.468 e. The van der Waals surface area contributed by atoms with Crippen molar-refractivity contribution in [2.75, 3.05) is 6.61 Å². The number of nitriles is 1. The summed E-state index contributed by atoms with van der Waals surface area (Å²) in [5.41, 5.74) is 0.877. The van der Waals surface area contributed by atoms with E-state index in [0.29, 0.717) is 12.1 Å². The van der Waals surface area contributed by atoms with Crippen molar-refractivity contribution in [1.29, 1.82) is 5.26 Å². The Labute approximate surface area is 111 Å². The van der Waals surface area contributed by atoms with Gasteiger partial charge in [0.15, 0.2) is 12.3 Å². The molecular formula is C11H8F3N5O. The van der Waals surface area contributed by atoms with Gasteiger partial charge in [0.25, 0.3) is 0 Å². The quantitative estimate of drug-likeness (QED) is 0.850. The van der Waals surface area contributed by atoms with E-state index in [1.165, 1.54) is 23.1 Å². The summed E-state index contributed by atoms with van der Waals surface area (Å²) in [5.74, 6) is -0.109. The molecule has 0 amide bonds. The molecule has 0 saturated heterocycles. The van der Waals surface area contributed by atoms with Gasteiger partial charge in [0.2, 0.25) is 5.88 Å². The summed E-state index contributed by atoms with van der Waals surface area (Å²) in [6.07, 6.45) is -1.57. The van der Waals surface area contributed by atoms with Crippen molar-refractivity contribution in [2.24, 2.45) is 0 Å². The van der Waals surface area contributed by atoms with Gasteiger partial charge in [0.05, 0.1) is 12.7 Å². The van der Waals surface area contributed by atoms with Crippen LogP contribution in [0.5, 0.6) is 5.88 Å². The standard InChI is InChI=1S/C11H8F3N5O/c12-11(13,14)7-20-10-2-1-8(4-16-10)5-19-6-9(3-15)17-18-19/h1-2,4,6H,5,7H2. The molecule has 0 aliphatic carbocycles. The lowest BCUT2D eigenvalue weighted by Crippen LogP contribution is -2.19. The minimum atomic E-state index is -4.39. The predicted molar refractivity (Wildman–Crippen MR) is 59.6 cm³/mol. The van der Waals surface area contributed by atoms with E-state index in [-0.39, 0.29) is 11.6 Å². The van der Waals surface area contributed by atoms with Gasteiger partial charge in [0.1, 0.15) is 6.07 Å². The average Bonchev–Trinajstić information content (AvgIpc) is 2.85. The third-order valence-electron chi connectivity index (χ3n) is 2.18. The molecule has 0 N–H and O–H groups in total. The van der Waals surface area contributed by atoms with Crippen LogP contribution in [0.25, 0.3) is 0 Å². The van der Waals surface area contributed by atoms with Gasteiger partial charge < -0.3 is 4.74 Å². The molecule has 104 valence electrons. The maximum absolute atomic E-state index is 11.9. The van der Waals surface area contributed by atoms with E-state index >= 15 is 0 Å². The molecule has 2 aromatic rings. The highest BCUT2D eigenvalue weighted by molar-refractivity contribution is 5.19. The molecule has 2 aromatic heterocycles. The number of nitrogens with zero attached hydrogens (tertiary/aromatic N) is 5. The van der Waals surface area contributed by atoms with Crippen LogP contribution in [0.3, 0.4) is 0 Å². The molecule has 0 unspecified atom stereocenters. The van der Waals surface area contributed by atoms with Gasteiger partial charge in [-0.1, -0.05) is 11.3 Å². The van der Waals surface area contributed by atoms with Gasteiger partial charge in [-0.25, -0.2) is 9.67 Å². The first kappa shape index (κ1) is 13.8. The predicted octanol–water partition coefficient (Wildman–Crippen LogP) is 1.53. The summed E-state index contributed by atoms with van der Waals surface area (Å²) in [7, 11) is 0. The number of halogens is 3. The van der Waals surface area contributed by atoms with Crippen LogP contribution in [0, 0.1) is 11.3 Å². The van der Waals surface area contributed by atoms with Crippen LogP contribution >= 0.6 is 0 Å². The Bertz CT molecular complexity index is 614. The first-order valence-corrected chi connectivity index (χ1v) is 5.41. The van der Waals surface area contributed by atoms with Crippen molar-refractivity contribution in [3.8, 4) is 11.9 Å². The smallest absolute Gasteiger partial charge is 0.422 e. The number of hydrogen-bond acceptors (Lipinski definition) is 5. The summed E-state index contributed by atoms with van der Waals surface area (Å²) in [4.78, 5) is 3.76. The van der Waals surface area contributed by atoms with Gasteiger partial charge in [-0.15, -0.1) is 5.10 Å². The van der Waals surface area contributed by atoms with Crippen LogP contribution in [0.4, 0.5) is 13.2 Å². The second-order valence-corrected chi connectivity index (χ2v) is 3.82. The monoisotopic (exact) mass is 283 g/mol. The second kappa shape index (κ2) is 5.56. The highest BCUT2D eigenvalue weighted by Crippen LogP contribution is 2.17. The van der Waals surface area contributed by atoms with Crippen LogP contribution in [-0.4, -0.2) is 32.8 Å². The highest BCUT2D eigenvalue weighted by Gasteiger charge is 2.28. The summed E-state index contributed by atoms with van der Waals surface area (Å²) in [6.45, 7) is -1.07. The lowest BCUT2D eigenvalue weighted by Gasteiger charge is -2.08. The van der Waals surface area contributed by atoms with Crippen LogP contribution in [-0.2, 0) is 6.54 Å². The van der Waals surface area contributed by atoms with Crippen LogP contribution in [0.1, 0.15) is 11.3 Å². The fraction of sp³-hybridized carbons (Fsp3) is 0.273. The van der Waals surface area contributed by atoms with Crippen molar-refractivity contribution in [3.63, 3.8) is 0 Å². The third-order valence-corrected chi connectivity index (χ3v) is 2.18. The van der Waals surface area contributed by atoms with Gasteiger partial charge in [0, 0.05) is 12.3 Å². The molecule has 0 spiro atoms. The molecule has 6 nitrogen and oxygen atoms in total. The molecule has 0 aliphatic heterocycles. The van der Waals surface area contributed by atoms with Crippen LogP contribution < -0.4 is 4.74 Å². The molecule has 0 bridgehead atoms. The van der Waals surface area contributed by atoms with E-state index in [4.69, 9.17) is 5.26 Å². The number of aromatic nitrogens is 4. The molecule has 20 heavy (non-hydrogen) atoms. The van der Waals surface area contributed by atoms with Crippen molar-refractivity contribution >= 4 is 0 Å².